The van der Waals surface area contributed by atoms with Crippen molar-refractivity contribution in [3.63, 3.8) is 0 Å². The van der Waals surface area contributed by atoms with Crippen molar-refractivity contribution in [3.8, 4) is 0 Å². The molecule has 2 amide bonds. The third-order valence-corrected chi connectivity index (χ3v) is 4.53. The van der Waals surface area contributed by atoms with Crippen molar-refractivity contribution in [2.24, 2.45) is 5.92 Å². The number of hydrogen-bond acceptors (Lipinski definition) is 4. The first-order valence-corrected chi connectivity index (χ1v) is 8.82. The summed E-state index contributed by atoms with van der Waals surface area (Å²) >= 11 is 5.79. The largest absolute Gasteiger partial charge is 0.356 e. The Bertz CT molecular complexity index is 665. The van der Waals surface area contributed by atoms with Gasteiger partial charge in [-0.05, 0) is 31.4 Å². The van der Waals surface area contributed by atoms with Gasteiger partial charge in [0, 0.05) is 30.7 Å². The molecule has 0 saturated carbocycles. The van der Waals surface area contributed by atoms with E-state index >= 15 is 0 Å². The predicted molar refractivity (Wildman–Crippen MR) is 94.7 cm³/mol. The Morgan fingerprint density at radius 3 is 2.88 bits per heavy atom. The summed E-state index contributed by atoms with van der Waals surface area (Å²) in [6.07, 6.45) is 3.32. The number of nitrogens with one attached hydrogen (secondary N) is 1. The van der Waals surface area contributed by atoms with Gasteiger partial charge in [0.1, 0.15) is 5.56 Å². The number of hydrogen-bond donors (Lipinski definition) is 1. The van der Waals surface area contributed by atoms with Gasteiger partial charge in [0.25, 0.3) is 11.6 Å². The van der Waals surface area contributed by atoms with E-state index in [0.29, 0.717) is 25.9 Å². The summed E-state index contributed by atoms with van der Waals surface area (Å²) < 4.78 is 0. The summed E-state index contributed by atoms with van der Waals surface area (Å²) in [6.45, 7) is 3.43. The molecule has 25 heavy (non-hydrogen) atoms. The van der Waals surface area contributed by atoms with Crippen LogP contribution in [0.4, 0.5) is 5.69 Å². The molecule has 0 bridgehead atoms. The van der Waals surface area contributed by atoms with Crippen LogP contribution in [0.1, 0.15) is 43.0 Å². The minimum Gasteiger partial charge on any atom is -0.356 e. The molecule has 0 aromatic heterocycles. The Kier molecular flexibility index (Phi) is 6.75. The van der Waals surface area contributed by atoms with Crippen molar-refractivity contribution in [3.05, 3.63) is 38.9 Å². The van der Waals surface area contributed by atoms with Crippen molar-refractivity contribution in [1.82, 2.24) is 10.2 Å². The molecule has 1 unspecified atom stereocenters. The summed E-state index contributed by atoms with van der Waals surface area (Å²) in [5.41, 5.74) is -0.312. The third kappa shape index (κ3) is 4.92. The number of likely N-dealkylation sites (tertiary alicyclic amines) is 1. The lowest BCUT2D eigenvalue weighted by atomic mass is 9.96. The smallest absolute Gasteiger partial charge is 0.283 e. The molecule has 8 heteroatoms. The molecule has 7 nitrogen and oxygen atoms in total. The molecule has 1 N–H and O–H groups in total. The molecule has 1 aliphatic heterocycles. The van der Waals surface area contributed by atoms with E-state index < -0.39 is 10.8 Å². The Labute approximate surface area is 151 Å². The number of nitro groups is 1. The van der Waals surface area contributed by atoms with Crippen LogP contribution in [0.15, 0.2) is 18.2 Å². The average molecular weight is 368 g/mol. The van der Waals surface area contributed by atoms with E-state index in [4.69, 9.17) is 11.6 Å². The summed E-state index contributed by atoms with van der Waals surface area (Å²) in [5.74, 6) is -0.771. The highest BCUT2D eigenvalue weighted by molar-refractivity contribution is 6.31. The van der Waals surface area contributed by atoms with Gasteiger partial charge >= 0.3 is 0 Å². The van der Waals surface area contributed by atoms with Gasteiger partial charge in [0.15, 0.2) is 0 Å². The van der Waals surface area contributed by atoms with Crippen molar-refractivity contribution in [2.75, 3.05) is 19.6 Å². The fraction of sp³-hybridized carbons (Fsp3) is 0.529. The molecule has 1 atom stereocenters. The van der Waals surface area contributed by atoms with Crippen molar-refractivity contribution in [2.45, 2.75) is 32.6 Å². The number of carbonyl (C=O) groups is 2. The van der Waals surface area contributed by atoms with E-state index in [1.54, 1.807) is 0 Å². The lowest BCUT2D eigenvalue weighted by Gasteiger charge is -2.32. The lowest BCUT2D eigenvalue weighted by Crippen LogP contribution is -2.45. The molecule has 136 valence electrons. The Hall–Kier alpha value is -2.15. The number of carbonyl (C=O) groups excluding carboxylic acids is 2. The molecule has 2 rings (SSSR count). The summed E-state index contributed by atoms with van der Waals surface area (Å²) in [6, 6.07) is 4.00. The standard InChI is InChI=1S/C17H22ClN3O4/c1-2-3-8-19-16(22)12-5-4-9-20(11-12)17(23)14-7-6-13(18)10-15(14)21(24)25/h6-7,10,12H,2-5,8-9,11H2,1H3,(H,19,22). The normalized spacial score (nSPS) is 17.2. The number of benzene rings is 1. The van der Waals surface area contributed by atoms with Crippen LogP contribution in [0.25, 0.3) is 0 Å². The van der Waals surface area contributed by atoms with Crippen LogP contribution in [-0.2, 0) is 4.79 Å². The third-order valence-electron chi connectivity index (χ3n) is 4.30. The monoisotopic (exact) mass is 367 g/mol. The van der Waals surface area contributed by atoms with Crippen molar-refractivity contribution in [1.29, 1.82) is 0 Å². The highest BCUT2D eigenvalue weighted by Gasteiger charge is 2.31. The number of nitro benzene ring substituents is 1. The molecule has 0 radical (unpaired) electrons. The van der Waals surface area contributed by atoms with Gasteiger partial charge in [-0.1, -0.05) is 24.9 Å². The first-order valence-electron chi connectivity index (χ1n) is 8.45. The van der Waals surface area contributed by atoms with Crippen LogP contribution in [0.3, 0.4) is 0 Å². The molecule has 1 aromatic rings. The van der Waals surface area contributed by atoms with E-state index in [9.17, 15) is 19.7 Å². The molecular weight excluding hydrogens is 346 g/mol. The second-order valence-electron chi connectivity index (χ2n) is 6.15. The number of unbranched alkanes of at least 4 members (excludes halogenated alkanes) is 1. The molecular formula is C17H22ClN3O4. The Morgan fingerprint density at radius 1 is 1.44 bits per heavy atom. The Morgan fingerprint density at radius 2 is 2.20 bits per heavy atom. The highest BCUT2D eigenvalue weighted by atomic mass is 35.5. The van der Waals surface area contributed by atoms with Gasteiger partial charge in [0.2, 0.25) is 5.91 Å². The second kappa shape index (κ2) is 8.80. The topological polar surface area (TPSA) is 92.6 Å². The lowest BCUT2D eigenvalue weighted by molar-refractivity contribution is -0.385. The number of piperidine rings is 1. The minimum atomic E-state index is -0.613. The van der Waals surface area contributed by atoms with Crippen LogP contribution in [-0.4, -0.2) is 41.3 Å². The SMILES string of the molecule is CCCCNC(=O)C1CCCN(C(=O)c2ccc(Cl)cc2[N+](=O)[O-])C1. The van der Waals surface area contributed by atoms with Crippen molar-refractivity contribution < 1.29 is 14.5 Å². The molecule has 1 heterocycles. The average Bonchev–Trinajstić information content (AvgIpc) is 2.61. The molecule has 1 aromatic carbocycles. The van der Waals surface area contributed by atoms with Gasteiger partial charge in [-0.15, -0.1) is 0 Å². The predicted octanol–water partition coefficient (Wildman–Crippen LogP) is 3.02. The van der Waals surface area contributed by atoms with E-state index in [1.807, 2.05) is 6.92 Å². The number of rotatable bonds is 6. The zero-order chi connectivity index (χ0) is 18.4. The van der Waals surface area contributed by atoms with Gasteiger partial charge in [-0.3, -0.25) is 19.7 Å². The van der Waals surface area contributed by atoms with Gasteiger partial charge in [0.05, 0.1) is 10.8 Å². The van der Waals surface area contributed by atoms with Crippen LogP contribution in [0, 0.1) is 16.0 Å². The Balaban J connectivity index is 2.09. The van der Waals surface area contributed by atoms with Gasteiger partial charge < -0.3 is 10.2 Å². The molecule has 1 aliphatic rings. The van der Waals surface area contributed by atoms with E-state index in [1.165, 1.54) is 23.1 Å². The van der Waals surface area contributed by atoms with Crippen LogP contribution < -0.4 is 5.32 Å². The van der Waals surface area contributed by atoms with Crippen LogP contribution in [0.2, 0.25) is 5.02 Å². The number of nitrogens with zero attached hydrogens (tertiary/aromatic N) is 2. The summed E-state index contributed by atoms with van der Waals surface area (Å²) in [4.78, 5) is 37.0. The first kappa shape index (κ1) is 19.2. The highest BCUT2D eigenvalue weighted by Crippen LogP contribution is 2.26. The molecule has 1 fully saturated rings. The second-order valence-corrected chi connectivity index (χ2v) is 6.59. The maximum absolute atomic E-state index is 12.7. The zero-order valence-electron chi connectivity index (χ0n) is 14.2. The maximum Gasteiger partial charge on any atom is 0.283 e. The van der Waals surface area contributed by atoms with Crippen LogP contribution in [0.5, 0.6) is 0 Å². The minimum absolute atomic E-state index is 0.00133. The number of amides is 2. The fourth-order valence-corrected chi connectivity index (χ4v) is 3.08. The molecule has 0 aliphatic carbocycles. The van der Waals surface area contributed by atoms with E-state index in [0.717, 1.165) is 12.8 Å². The summed E-state index contributed by atoms with van der Waals surface area (Å²) in [7, 11) is 0. The fourth-order valence-electron chi connectivity index (χ4n) is 2.92. The van der Waals surface area contributed by atoms with Crippen LogP contribution >= 0.6 is 11.6 Å². The molecule has 1 saturated heterocycles. The van der Waals surface area contributed by atoms with Gasteiger partial charge in [-0.2, -0.15) is 0 Å². The maximum atomic E-state index is 12.7. The number of halogens is 1. The summed E-state index contributed by atoms with van der Waals surface area (Å²) in [5, 5.41) is 14.3. The van der Waals surface area contributed by atoms with E-state index in [-0.39, 0.29) is 34.6 Å². The van der Waals surface area contributed by atoms with Gasteiger partial charge in [-0.25, -0.2) is 0 Å². The zero-order valence-corrected chi connectivity index (χ0v) is 14.9. The molecule has 0 spiro atoms. The first-order chi connectivity index (χ1) is 11.9. The van der Waals surface area contributed by atoms with E-state index in [2.05, 4.69) is 5.32 Å². The quantitative estimate of drug-likeness (QED) is 0.475. The van der Waals surface area contributed by atoms with Crippen molar-refractivity contribution >= 4 is 29.1 Å².